The van der Waals surface area contributed by atoms with Crippen molar-refractivity contribution in [1.29, 1.82) is 0 Å². The van der Waals surface area contributed by atoms with Crippen molar-refractivity contribution in [3.8, 4) is 22.7 Å². The first-order valence-corrected chi connectivity index (χ1v) is 10.4. The van der Waals surface area contributed by atoms with E-state index in [1.54, 1.807) is 7.11 Å². The summed E-state index contributed by atoms with van der Waals surface area (Å²) in [6.07, 6.45) is 3.64. The van der Waals surface area contributed by atoms with Crippen molar-refractivity contribution in [2.24, 2.45) is 5.92 Å². The molecule has 2 aromatic carbocycles. The van der Waals surface area contributed by atoms with Crippen LogP contribution in [-0.2, 0) is 11.2 Å². The highest BCUT2D eigenvalue weighted by Crippen LogP contribution is 2.30. The maximum Gasteiger partial charge on any atom is 0.220 e. The molecular weight excluding hydrogens is 384 g/mol. The predicted molar refractivity (Wildman–Crippen MR) is 117 cm³/mol. The lowest BCUT2D eigenvalue weighted by molar-refractivity contribution is -0.121. The molecule has 3 aromatic rings. The van der Waals surface area contributed by atoms with Gasteiger partial charge in [0.2, 0.25) is 5.91 Å². The average molecular weight is 409 g/mol. The number of benzene rings is 2. The van der Waals surface area contributed by atoms with Gasteiger partial charge in [0.15, 0.2) is 0 Å². The van der Waals surface area contributed by atoms with E-state index in [-0.39, 0.29) is 5.91 Å². The number of nitrogens with one attached hydrogen (secondary N) is 1. The van der Waals surface area contributed by atoms with E-state index >= 15 is 0 Å². The smallest absolute Gasteiger partial charge is 0.220 e. The number of nitrogens with zero attached hydrogens (tertiary/aromatic N) is 1. The molecule has 0 radical (unpaired) electrons. The van der Waals surface area contributed by atoms with Crippen molar-refractivity contribution < 1.29 is 9.53 Å². The van der Waals surface area contributed by atoms with Crippen LogP contribution < -0.4 is 10.1 Å². The summed E-state index contributed by atoms with van der Waals surface area (Å²) >= 11 is 6.07. The van der Waals surface area contributed by atoms with Crippen LogP contribution in [0.2, 0.25) is 5.02 Å². The molecule has 0 spiro atoms. The number of halogens is 1. The quantitative estimate of drug-likeness (QED) is 0.552. The van der Waals surface area contributed by atoms with Gasteiger partial charge in [-0.3, -0.25) is 4.79 Å². The Morgan fingerprint density at radius 1 is 1.07 bits per heavy atom. The number of ether oxygens (including phenoxy) is 1. The standard InChI is InChI=1S/C24H25ClN2O2/c1-29-22-12-8-20(9-13-22)27-21(11-15-24(28)26-16-17-2-3-17)10-14-23(27)18-4-6-19(25)7-5-18/h4-10,12-14,17H,2-3,11,15-16H2,1H3,(H,26,28). The van der Waals surface area contributed by atoms with E-state index in [2.05, 4.69) is 22.0 Å². The molecule has 0 bridgehead atoms. The summed E-state index contributed by atoms with van der Waals surface area (Å²) in [4.78, 5) is 12.2. The molecule has 4 rings (SSSR count). The molecule has 5 heteroatoms. The number of aromatic nitrogens is 1. The van der Waals surface area contributed by atoms with Crippen LogP contribution in [0.1, 0.15) is 25.0 Å². The Morgan fingerprint density at radius 3 is 2.45 bits per heavy atom. The normalized spacial score (nSPS) is 13.3. The molecule has 1 heterocycles. The third kappa shape index (κ3) is 4.83. The Bertz CT molecular complexity index is 973. The average Bonchev–Trinajstić information content (AvgIpc) is 3.49. The van der Waals surface area contributed by atoms with Crippen LogP contribution in [0.4, 0.5) is 0 Å². The van der Waals surface area contributed by atoms with Gasteiger partial charge >= 0.3 is 0 Å². The van der Waals surface area contributed by atoms with E-state index in [9.17, 15) is 4.79 Å². The molecule has 150 valence electrons. The first kappa shape index (κ1) is 19.6. The van der Waals surface area contributed by atoms with Crippen LogP contribution in [0, 0.1) is 5.92 Å². The second kappa shape index (κ2) is 8.75. The summed E-state index contributed by atoms with van der Waals surface area (Å²) in [5.41, 5.74) is 4.28. The monoisotopic (exact) mass is 408 g/mol. The number of carbonyl (C=O) groups is 1. The molecule has 0 unspecified atom stereocenters. The summed E-state index contributed by atoms with van der Waals surface area (Å²) in [6.45, 7) is 0.814. The van der Waals surface area contributed by atoms with Gasteiger partial charge in [-0.15, -0.1) is 0 Å². The Labute approximate surface area is 176 Å². The second-order valence-corrected chi connectivity index (χ2v) is 7.93. The summed E-state index contributed by atoms with van der Waals surface area (Å²) in [6, 6.07) is 20.0. The topological polar surface area (TPSA) is 43.3 Å². The molecule has 0 saturated heterocycles. The minimum atomic E-state index is 0.118. The highest BCUT2D eigenvalue weighted by atomic mass is 35.5. The van der Waals surface area contributed by atoms with Gasteiger partial charge in [-0.05, 0) is 79.3 Å². The molecule has 29 heavy (non-hydrogen) atoms. The van der Waals surface area contributed by atoms with Crippen LogP contribution in [0.3, 0.4) is 0 Å². The number of amides is 1. The summed E-state index contributed by atoms with van der Waals surface area (Å²) < 4.78 is 7.50. The molecule has 1 N–H and O–H groups in total. The highest BCUT2D eigenvalue weighted by molar-refractivity contribution is 6.30. The number of carbonyl (C=O) groups excluding carboxylic acids is 1. The lowest BCUT2D eigenvalue weighted by Gasteiger charge is -2.15. The summed E-state index contributed by atoms with van der Waals surface area (Å²) in [5.74, 6) is 1.63. The van der Waals surface area contributed by atoms with Gasteiger partial charge in [0, 0.05) is 29.4 Å². The molecule has 1 amide bonds. The summed E-state index contributed by atoms with van der Waals surface area (Å²) in [7, 11) is 1.66. The summed E-state index contributed by atoms with van der Waals surface area (Å²) in [5, 5.41) is 3.77. The van der Waals surface area contributed by atoms with Crippen molar-refractivity contribution >= 4 is 17.5 Å². The number of methoxy groups -OCH3 is 1. The van der Waals surface area contributed by atoms with Gasteiger partial charge in [0.05, 0.1) is 12.8 Å². The van der Waals surface area contributed by atoms with Crippen molar-refractivity contribution in [2.75, 3.05) is 13.7 Å². The fraction of sp³-hybridized carbons (Fsp3) is 0.292. The van der Waals surface area contributed by atoms with Crippen molar-refractivity contribution in [3.05, 3.63) is 71.4 Å². The fourth-order valence-electron chi connectivity index (χ4n) is 3.47. The maximum absolute atomic E-state index is 12.2. The molecular formula is C24H25ClN2O2. The van der Waals surface area contributed by atoms with Crippen molar-refractivity contribution in [1.82, 2.24) is 9.88 Å². The van der Waals surface area contributed by atoms with Crippen molar-refractivity contribution in [3.63, 3.8) is 0 Å². The molecule has 1 fully saturated rings. The van der Waals surface area contributed by atoms with E-state index in [0.29, 0.717) is 23.8 Å². The van der Waals surface area contributed by atoms with E-state index in [4.69, 9.17) is 16.3 Å². The minimum Gasteiger partial charge on any atom is -0.497 e. The third-order valence-electron chi connectivity index (χ3n) is 5.33. The number of hydrogen-bond acceptors (Lipinski definition) is 2. The Kier molecular flexibility index (Phi) is 5.91. The lowest BCUT2D eigenvalue weighted by Crippen LogP contribution is -2.25. The van der Waals surface area contributed by atoms with Crippen LogP contribution in [0.5, 0.6) is 5.75 Å². The Hall–Kier alpha value is -2.72. The highest BCUT2D eigenvalue weighted by Gasteiger charge is 2.21. The minimum absolute atomic E-state index is 0.118. The van der Waals surface area contributed by atoms with Crippen LogP contribution in [-0.4, -0.2) is 24.1 Å². The Balaban J connectivity index is 1.61. The molecule has 4 nitrogen and oxygen atoms in total. The lowest BCUT2D eigenvalue weighted by atomic mass is 10.1. The van der Waals surface area contributed by atoms with Gasteiger partial charge in [-0.1, -0.05) is 23.7 Å². The fourth-order valence-corrected chi connectivity index (χ4v) is 3.59. The maximum atomic E-state index is 12.2. The van der Waals surface area contributed by atoms with E-state index in [1.807, 2.05) is 48.5 Å². The first-order valence-electron chi connectivity index (χ1n) is 10.0. The van der Waals surface area contributed by atoms with Crippen LogP contribution in [0.15, 0.2) is 60.7 Å². The van der Waals surface area contributed by atoms with Crippen molar-refractivity contribution in [2.45, 2.75) is 25.7 Å². The molecule has 1 aliphatic carbocycles. The number of aryl methyl sites for hydroxylation is 1. The molecule has 0 atom stereocenters. The van der Waals surface area contributed by atoms with E-state index < -0.39 is 0 Å². The van der Waals surface area contributed by atoms with Gasteiger partial charge in [-0.2, -0.15) is 0 Å². The largest absolute Gasteiger partial charge is 0.497 e. The van der Waals surface area contributed by atoms with Gasteiger partial charge in [0.1, 0.15) is 5.75 Å². The van der Waals surface area contributed by atoms with Gasteiger partial charge in [0.25, 0.3) is 0 Å². The van der Waals surface area contributed by atoms with E-state index in [0.717, 1.165) is 34.9 Å². The van der Waals surface area contributed by atoms with Crippen LogP contribution >= 0.6 is 11.6 Å². The Morgan fingerprint density at radius 2 is 1.79 bits per heavy atom. The first-order chi connectivity index (χ1) is 14.1. The molecule has 1 aliphatic rings. The number of hydrogen-bond donors (Lipinski definition) is 1. The number of rotatable bonds is 8. The zero-order valence-electron chi connectivity index (χ0n) is 16.5. The third-order valence-corrected chi connectivity index (χ3v) is 5.58. The van der Waals surface area contributed by atoms with Gasteiger partial charge < -0.3 is 14.6 Å². The SMILES string of the molecule is COc1ccc(-n2c(CCC(=O)NCC3CC3)ccc2-c2ccc(Cl)cc2)cc1. The van der Waals surface area contributed by atoms with Gasteiger partial charge in [-0.25, -0.2) is 0 Å². The molecule has 1 saturated carbocycles. The molecule has 1 aromatic heterocycles. The zero-order chi connectivity index (χ0) is 20.2. The zero-order valence-corrected chi connectivity index (χ0v) is 17.3. The van der Waals surface area contributed by atoms with E-state index in [1.165, 1.54) is 12.8 Å². The molecule has 0 aliphatic heterocycles. The second-order valence-electron chi connectivity index (χ2n) is 7.50. The van der Waals surface area contributed by atoms with Crippen LogP contribution in [0.25, 0.3) is 16.9 Å². The predicted octanol–water partition coefficient (Wildman–Crippen LogP) is 5.27.